The summed E-state index contributed by atoms with van der Waals surface area (Å²) in [7, 11) is 0. The molecule has 0 bridgehead atoms. The first-order chi connectivity index (χ1) is 17.9. The van der Waals surface area contributed by atoms with Crippen molar-refractivity contribution in [3.63, 3.8) is 0 Å². The Bertz CT molecular complexity index is 1560. The Morgan fingerprint density at radius 3 is 2.54 bits per heavy atom. The van der Waals surface area contributed by atoms with Crippen molar-refractivity contribution in [2.24, 2.45) is 11.8 Å². The fourth-order valence-electron chi connectivity index (χ4n) is 6.98. The molecule has 1 saturated heterocycles. The highest BCUT2D eigenvalue weighted by Crippen LogP contribution is 2.56. The Labute approximate surface area is 217 Å². The number of nitrogens with zero attached hydrogens (tertiary/aromatic N) is 3. The number of amides is 1. The van der Waals surface area contributed by atoms with E-state index in [0.717, 1.165) is 51.4 Å². The van der Waals surface area contributed by atoms with Crippen LogP contribution in [-0.2, 0) is 4.74 Å². The molecule has 3 unspecified atom stereocenters. The van der Waals surface area contributed by atoms with Crippen LogP contribution in [0.25, 0.3) is 32.8 Å². The molecule has 3 aliphatic rings. The molecule has 1 saturated carbocycles. The predicted molar refractivity (Wildman–Crippen MR) is 145 cm³/mol. The van der Waals surface area contributed by atoms with Crippen LogP contribution in [0.3, 0.4) is 0 Å². The number of morpholine rings is 1. The van der Waals surface area contributed by atoms with Gasteiger partial charge in [0.2, 0.25) is 0 Å². The Morgan fingerprint density at radius 1 is 0.973 bits per heavy atom. The van der Waals surface area contributed by atoms with Crippen molar-refractivity contribution < 1.29 is 14.3 Å². The van der Waals surface area contributed by atoms with E-state index in [0.29, 0.717) is 49.6 Å². The van der Waals surface area contributed by atoms with E-state index < -0.39 is 0 Å². The monoisotopic (exact) mass is 495 g/mol. The van der Waals surface area contributed by atoms with Crippen LogP contribution in [0.15, 0.2) is 42.5 Å². The zero-order valence-corrected chi connectivity index (χ0v) is 21.8. The molecular formula is C31H33N3O3. The van der Waals surface area contributed by atoms with Gasteiger partial charge in [0.1, 0.15) is 11.4 Å². The molecule has 7 rings (SSSR count). The summed E-state index contributed by atoms with van der Waals surface area (Å²) in [6.07, 6.45) is 3.52. The zero-order valence-electron chi connectivity index (χ0n) is 21.8. The molecule has 1 aliphatic carbocycles. The highest BCUT2D eigenvalue weighted by atomic mass is 16.5. The molecular weight excluding hydrogens is 462 g/mol. The summed E-state index contributed by atoms with van der Waals surface area (Å²) in [5, 5.41) is 2.18. The van der Waals surface area contributed by atoms with Gasteiger partial charge in [-0.05, 0) is 56.7 Å². The minimum atomic E-state index is -0.240. The Hall–Kier alpha value is -3.25. The topological polar surface area (TPSA) is 64.6 Å². The van der Waals surface area contributed by atoms with Crippen molar-refractivity contribution in [2.75, 3.05) is 26.3 Å². The highest BCUT2D eigenvalue weighted by Gasteiger charge is 2.47. The van der Waals surface area contributed by atoms with E-state index in [-0.39, 0.29) is 11.5 Å². The molecule has 0 spiro atoms. The van der Waals surface area contributed by atoms with Gasteiger partial charge in [0, 0.05) is 40.9 Å². The van der Waals surface area contributed by atoms with Gasteiger partial charge in [-0.3, -0.25) is 4.79 Å². The first-order valence-electron chi connectivity index (χ1n) is 13.6. The van der Waals surface area contributed by atoms with Crippen LogP contribution in [0.4, 0.5) is 0 Å². The average Bonchev–Trinajstić information content (AvgIpc) is 2.91. The third-order valence-electron chi connectivity index (χ3n) is 8.88. The second kappa shape index (κ2) is 8.38. The number of rotatable bonds is 1. The summed E-state index contributed by atoms with van der Waals surface area (Å²) in [5.74, 6) is 2.47. The SMILES string of the molecule is CC1CCC2C(C1)c1c(c3ccccc3c3nc4ccc(C(=O)N5CCOCC5)cc4nc13)OC2(C)C. The van der Waals surface area contributed by atoms with Gasteiger partial charge in [0.15, 0.2) is 0 Å². The summed E-state index contributed by atoms with van der Waals surface area (Å²) in [4.78, 5) is 25.5. The average molecular weight is 496 g/mol. The molecule has 3 aromatic carbocycles. The Kier molecular flexibility index (Phi) is 5.19. The largest absolute Gasteiger partial charge is 0.487 e. The lowest BCUT2D eigenvalue weighted by Crippen LogP contribution is -2.46. The summed E-state index contributed by atoms with van der Waals surface area (Å²) in [5.41, 5.74) is 5.04. The first kappa shape index (κ1) is 22.9. The van der Waals surface area contributed by atoms with Crippen molar-refractivity contribution in [1.82, 2.24) is 14.9 Å². The maximum atomic E-state index is 13.2. The molecule has 2 aliphatic heterocycles. The third kappa shape index (κ3) is 3.60. The van der Waals surface area contributed by atoms with Gasteiger partial charge in [-0.1, -0.05) is 37.6 Å². The Balaban J connectivity index is 1.47. The van der Waals surface area contributed by atoms with Crippen molar-refractivity contribution in [3.8, 4) is 5.75 Å². The molecule has 4 aromatic rings. The molecule has 6 nitrogen and oxygen atoms in total. The van der Waals surface area contributed by atoms with E-state index in [1.165, 1.54) is 12.0 Å². The number of benzene rings is 3. The quantitative estimate of drug-likeness (QED) is 0.236. The standard InChI is InChI=1S/C31H33N3O3/c1-18-8-10-23-22(16-18)26-28-27(20-6-4-5-7-21(20)29(26)37-31(23,2)3)32-24-11-9-19(17-25(24)33-28)30(35)34-12-14-36-15-13-34/h4-7,9,11,17-18,22-23H,8,10,12-16H2,1-3H3. The van der Waals surface area contributed by atoms with Gasteiger partial charge in [0.05, 0.1) is 35.3 Å². The molecule has 3 atom stereocenters. The van der Waals surface area contributed by atoms with Crippen LogP contribution in [-0.4, -0.2) is 52.7 Å². The maximum Gasteiger partial charge on any atom is 0.254 e. The molecule has 1 amide bonds. The van der Waals surface area contributed by atoms with Crippen LogP contribution < -0.4 is 4.74 Å². The van der Waals surface area contributed by atoms with Crippen molar-refractivity contribution >= 4 is 38.7 Å². The van der Waals surface area contributed by atoms with Crippen LogP contribution in [0.2, 0.25) is 0 Å². The minimum Gasteiger partial charge on any atom is -0.487 e. The maximum absolute atomic E-state index is 13.2. The number of carbonyl (C=O) groups excluding carboxylic acids is 1. The smallest absolute Gasteiger partial charge is 0.254 e. The van der Waals surface area contributed by atoms with Gasteiger partial charge < -0.3 is 14.4 Å². The van der Waals surface area contributed by atoms with E-state index in [9.17, 15) is 4.79 Å². The zero-order chi connectivity index (χ0) is 25.3. The number of fused-ring (bicyclic) bond motifs is 9. The summed E-state index contributed by atoms with van der Waals surface area (Å²) >= 11 is 0. The lowest BCUT2D eigenvalue weighted by atomic mass is 9.64. The first-order valence-corrected chi connectivity index (χ1v) is 13.6. The van der Waals surface area contributed by atoms with Crippen LogP contribution in [0.1, 0.15) is 61.9 Å². The highest BCUT2D eigenvalue weighted by molar-refractivity contribution is 6.11. The number of hydrogen-bond acceptors (Lipinski definition) is 5. The van der Waals surface area contributed by atoms with Crippen LogP contribution in [0, 0.1) is 11.8 Å². The number of hydrogen-bond donors (Lipinski definition) is 0. The number of ether oxygens (including phenoxy) is 2. The molecule has 37 heavy (non-hydrogen) atoms. The van der Waals surface area contributed by atoms with Crippen LogP contribution >= 0.6 is 0 Å². The molecule has 1 aromatic heterocycles. The summed E-state index contributed by atoms with van der Waals surface area (Å²) < 4.78 is 12.3. The van der Waals surface area contributed by atoms with E-state index in [1.807, 2.05) is 23.1 Å². The van der Waals surface area contributed by atoms with Crippen molar-refractivity contribution in [1.29, 1.82) is 0 Å². The summed E-state index contributed by atoms with van der Waals surface area (Å²) in [6.45, 7) is 9.27. The van der Waals surface area contributed by atoms with E-state index in [2.05, 4.69) is 45.0 Å². The fraction of sp³-hybridized carbons (Fsp3) is 0.452. The molecule has 2 fully saturated rings. The van der Waals surface area contributed by atoms with Gasteiger partial charge in [-0.2, -0.15) is 0 Å². The van der Waals surface area contributed by atoms with Crippen LogP contribution in [0.5, 0.6) is 5.75 Å². The molecule has 0 N–H and O–H groups in total. The number of carbonyl (C=O) groups is 1. The fourth-order valence-corrected chi connectivity index (χ4v) is 6.98. The van der Waals surface area contributed by atoms with E-state index in [4.69, 9.17) is 19.4 Å². The second-order valence-electron chi connectivity index (χ2n) is 11.7. The van der Waals surface area contributed by atoms with Gasteiger partial charge in [-0.15, -0.1) is 0 Å². The van der Waals surface area contributed by atoms with E-state index in [1.54, 1.807) is 0 Å². The lowest BCUT2D eigenvalue weighted by Gasteiger charge is -2.49. The molecule has 0 radical (unpaired) electrons. The third-order valence-corrected chi connectivity index (χ3v) is 8.88. The predicted octanol–water partition coefficient (Wildman–Crippen LogP) is 6.10. The van der Waals surface area contributed by atoms with Gasteiger partial charge >= 0.3 is 0 Å². The molecule has 6 heteroatoms. The lowest BCUT2D eigenvalue weighted by molar-refractivity contribution is -0.0115. The second-order valence-corrected chi connectivity index (χ2v) is 11.7. The minimum absolute atomic E-state index is 0.0267. The summed E-state index contributed by atoms with van der Waals surface area (Å²) in [6, 6.07) is 14.2. The number of aromatic nitrogens is 2. The molecule has 190 valence electrons. The van der Waals surface area contributed by atoms with Crippen molar-refractivity contribution in [3.05, 3.63) is 53.6 Å². The normalized spacial score (nSPS) is 25.1. The molecule has 3 heterocycles. The van der Waals surface area contributed by atoms with E-state index >= 15 is 0 Å². The van der Waals surface area contributed by atoms with Gasteiger partial charge in [0.25, 0.3) is 5.91 Å². The van der Waals surface area contributed by atoms with Gasteiger partial charge in [-0.25, -0.2) is 9.97 Å². The van der Waals surface area contributed by atoms with Crippen molar-refractivity contribution in [2.45, 2.75) is 51.6 Å². The Morgan fingerprint density at radius 2 is 1.73 bits per heavy atom.